The summed E-state index contributed by atoms with van der Waals surface area (Å²) in [6.07, 6.45) is -4.52. The van der Waals surface area contributed by atoms with Crippen molar-refractivity contribution in [1.82, 2.24) is 19.5 Å². The number of halogens is 3. The van der Waals surface area contributed by atoms with Crippen LogP contribution in [0.5, 0.6) is 0 Å². The Morgan fingerprint density at radius 2 is 2.18 bits per heavy atom. The molecule has 1 radical (unpaired) electrons. The van der Waals surface area contributed by atoms with Gasteiger partial charge in [0.1, 0.15) is 24.6 Å². The van der Waals surface area contributed by atoms with Gasteiger partial charge in [-0.05, 0) is 29.3 Å². The molecule has 3 heterocycles. The van der Waals surface area contributed by atoms with Crippen LogP contribution in [0, 0.1) is 5.82 Å². The normalized spacial score (nSPS) is 24.8. The van der Waals surface area contributed by atoms with Crippen molar-refractivity contribution in [2.24, 2.45) is 0 Å². The molecule has 0 bridgehead atoms. The number of fused-ring (bicyclic) bond motifs is 1. The molecule has 4 rings (SSSR count). The summed E-state index contributed by atoms with van der Waals surface area (Å²) < 4.78 is 34.4. The monoisotopic (exact) mass is 410 g/mol. The Morgan fingerprint density at radius 3 is 2.89 bits per heavy atom. The minimum Gasteiger partial charge on any atom is -0.387 e. The van der Waals surface area contributed by atoms with Crippen molar-refractivity contribution in [3.05, 3.63) is 47.3 Å². The number of anilines is 1. The smallest absolute Gasteiger partial charge is 0.226 e. The topological polar surface area (TPSA) is 105 Å². The Morgan fingerprint density at radius 1 is 1.36 bits per heavy atom. The van der Waals surface area contributed by atoms with E-state index in [0.29, 0.717) is 5.56 Å². The van der Waals surface area contributed by atoms with Gasteiger partial charge in [0.25, 0.3) is 0 Å². The summed E-state index contributed by atoms with van der Waals surface area (Å²) >= 11 is 5.99. The van der Waals surface area contributed by atoms with Gasteiger partial charge in [-0.3, -0.25) is 4.57 Å². The lowest BCUT2D eigenvalue weighted by atomic mass is 10.1. The number of imidazole rings is 1. The number of aromatic nitrogens is 4. The van der Waals surface area contributed by atoms with Gasteiger partial charge in [0.15, 0.2) is 29.4 Å². The van der Waals surface area contributed by atoms with E-state index in [1.165, 1.54) is 23.0 Å². The van der Waals surface area contributed by atoms with Crippen LogP contribution < -0.4 is 5.32 Å². The zero-order valence-electron chi connectivity index (χ0n) is 14.3. The molecule has 0 amide bonds. The fourth-order valence-corrected chi connectivity index (χ4v) is 3.26. The van der Waals surface area contributed by atoms with Crippen molar-refractivity contribution in [2.75, 3.05) is 11.9 Å². The molecule has 0 aliphatic carbocycles. The minimum atomic E-state index is -1.83. The van der Waals surface area contributed by atoms with Gasteiger partial charge < -0.3 is 15.2 Å². The number of nitrogens with one attached hydrogen (secondary N) is 1. The zero-order valence-corrected chi connectivity index (χ0v) is 15.1. The minimum absolute atomic E-state index is 0.120. The molecule has 0 unspecified atom stereocenters. The van der Waals surface area contributed by atoms with Gasteiger partial charge >= 0.3 is 0 Å². The van der Waals surface area contributed by atoms with Crippen LogP contribution in [0.15, 0.2) is 30.6 Å². The summed E-state index contributed by atoms with van der Waals surface area (Å²) in [5.41, 5.74) is 1.14. The quantitative estimate of drug-likeness (QED) is 0.625. The predicted octanol–water partition coefficient (Wildman–Crippen LogP) is 2.26. The van der Waals surface area contributed by atoms with E-state index in [2.05, 4.69) is 20.3 Å². The third-order valence-corrected chi connectivity index (χ3v) is 4.64. The highest BCUT2D eigenvalue weighted by Gasteiger charge is 2.45. The SMILES string of the molecule is [O]C[C@H]1O[C@@H](n2cnc3c(NCc4cccc(F)c4)nc(Cl)nc32)[C@@H](F)[C@@H]1O. The molecule has 0 saturated carbocycles. The average molecular weight is 411 g/mol. The fraction of sp³-hybridized carbons (Fsp3) is 0.353. The van der Waals surface area contributed by atoms with Gasteiger partial charge in [0.2, 0.25) is 5.28 Å². The predicted molar refractivity (Wildman–Crippen MR) is 94.4 cm³/mol. The molecule has 4 atom stereocenters. The molecule has 8 nitrogen and oxygen atoms in total. The van der Waals surface area contributed by atoms with E-state index in [1.54, 1.807) is 12.1 Å². The van der Waals surface area contributed by atoms with Crippen LogP contribution in [0.1, 0.15) is 11.8 Å². The van der Waals surface area contributed by atoms with Gasteiger partial charge in [-0.25, -0.2) is 18.9 Å². The fourth-order valence-electron chi connectivity index (χ4n) is 3.10. The van der Waals surface area contributed by atoms with Crippen LogP contribution in [0.3, 0.4) is 0 Å². The van der Waals surface area contributed by atoms with Crippen LogP contribution >= 0.6 is 11.6 Å². The summed E-state index contributed by atoms with van der Waals surface area (Å²) in [4.78, 5) is 12.3. The van der Waals surface area contributed by atoms with E-state index in [4.69, 9.17) is 16.3 Å². The first-order chi connectivity index (χ1) is 13.5. The van der Waals surface area contributed by atoms with E-state index < -0.39 is 31.2 Å². The number of aliphatic hydroxyl groups excluding tert-OH is 1. The maximum atomic E-state index is 14.4. The van der Waals surface area contributed by atoms with Gasteiger partial charge in [0.05, 0.1) is 6.33 Å². The van der Waals surface area contributed by atoms with Gasteiger partial charge in [-0.1, -0.05) is 12.1 Å². The van der Waals surface area contributed by atoms with Crippen molar-refractivity contribution in [3.63, 3.8) is 0 Å². The van der Waals surface area contributed by atoms with Gasteiger partial charge in [0, 0.05) is 6.54 Å². The number of nitrogens with zero attached hydrogens (tertiary/aromatic N) is 4. The molecule has 1 aromatic carbocycles. The molecule has 1 aliphatic rings. The van der Waals surface area contributed by atoms with E-state index in [9.17, 15) is 19.0 Å². The highest BCUT2D eigenvalue weighted by Crippen LogP contribution is 2.34. The lowest BCUT2D eigenvalue weighted by Gasteiger charge is -2.15. The van der Waals surface area contributed by atoms with Crippen molar-refractivity contribution in [2.45, 2.75) is 31.2 Å². The number of hydrogen-bond acceptors (Lipinski definition) is 6. The first-order valence-electron chi connectivity index (χ1n) is 8.42. The number of hydrogen-bond donors (Lipinski definition) is 2. The van der Waals surface area contributed by atoms with Crippen LogP contribution in [0.25, 0.3) is 11.2 Å². The zero-order chi connectivity index (χ0) is 19.8. The molecule has 0 spiro atoms. The summed E-state index contributed by atoms with van der Waals surface area (Å²) in [6.45, 7) is -0.531. The second kappa shape index (κ2) is 7.55. The number of benzene rings is 1. The Balaban J connectivity index is 1.65. The van der Waals surface area contributed by atoms with E-state index >= 15 is 0 Å². The molecule has 2 aromatic heterocycles. The molecule has 147 valence electrons. The number of aliphatic hydroxyl groups is 1. The van der Waals surface area contributed by atoms with Crippen molar-refractivity contribution in [3.8, 4) is 0 Å². The first-order valence-corrected chi connectivity index (χ1v) is 8.80. The van der Waals surface area contributed by atoms with Gasteiger partial charge in [-0.15, -0.1) is 0 Å². The van der Waals surface area contributed by atoms with Crippen LogP contribution in [0.2, 0.25) is 5.28 Å². The third kappa shape index (κ3) is 3.39. The standard InChI is InChI=1S/C17H15ClF2N5O3/c18-17-23-14(21-5-8-2-1-3-9(19)4-8)12-15(24-17)25(7-22-12)16-11(20)13(27)10(6-26)28-16/h1-4,7,10-11,13,16,27H,5-6H2,(H,21,23,24)/t10-,11+,13-,16-/m1/s1. The Kier molecular flexibility index (Phi) is 5.11. The highest BCUT2D eigenvalue weighted by atomic mass is 35.5. The maximum Gasteiger partial charge on any atom is 0.226 e. The number of alkyl halides is 1. The molecule has 1 saturated heterocycles. The van der Waals surface area contributed by atoms with Crippen LogP contribution in [0.4, 0.5) is 14.6 Å². The molecule has 3 aromatic rings. The van der Waals surface area contributed by atoms with Crippen molar-refractivity contribution < 1.29 is 23.7 Å². The maximum absolute atomic E-state index is 14.4. The molecule has 1 fully saturated rings. The van der Waals surface area contributed by atoms with Crippen molar-refractivity contribution in [1.29, 1.82) is 0 Å². The highest BCUT2D eigenvalue weighted by molar-refractivity contribution is 6.28. The number of rotatable bonds is 5. The molecule has 2 N–H and O–H groups in total. The average Bonchev–Trinajstić information content (AvgIpc) is 3.21. The summed E-state index contributed by atoms with van der Waals surface area (Å²) in [7, 11) is 0. The molecule has 1 aliphatic heterocycles. The largest absolute Gasteiger partial charge is 0.387 e. The second-order valence-electron chi connectivity index (χ2n) is 6.32. The molecule has 11 heteroatoms. The molecular formula is C17H15ClF2N5O3. The van der Waals surface area contributed by atoms with Crippen LogP contribution in [-0.2, 0) is 16.4 Å². The Labute approximate surface area is 162 Å². The Hall–Kier alpha value is -2.40. The summed E-state index contributed by atoms with van der Waals surface area (Å²) in [5.74, 6) is -0.0966. The van der Waals surface area contributed by atoms with E-state index in [0.717, 1.165) is 0 Å². The molecule has 28 heavy (non-hydrogen) atoms. The van der Waals surface area contributed by atoms with Crippen LogP contribution in [-0.4, -0.2) is 49.6 Å². The second-order valence-corrected chi connectivity index (χ2v) is 6.65. The first kappa shape index (κ1) is 18.9. The van der Waals surface area contributed by atoms with E-state index in [1.807, 2.05) is 0 Å². The number of ether oxygens (including phenoxy) is 1. The lowest BCUT2D eigenvalue weighted by molar-refractivity contribution is -0.0593. The molecular weight excluding hydrogens is 396 g/mol. The van der Waals surface area contributed by atoms with Crippen molar-refractivity contribution >= 4 is 28.6 Å². The van der Waals surface area contributed by atoms with E-state index in [-0.39, 0.29) is 34.6 Å². The lowest BCUT2D eigenvalue weighted by Crippen LogP contribution is -2.30. The third-order valence-electron chi connectivity index (χ3n) is 4.48. The van der Waals surface area contributed by atoms with Gasteiger partial charge in [-0.2, -0.15) is 9.97 Å². The summed E-state index contributed by atoms with van der Waals surface area (Å²) in [5, 5.41) is 23.7. The Bertz CT molecular complexity index is 1000. The summed E-state index contributed by atoms with van der Waals surface area (Å²) in [6, 6.07) is 6.03.